The van der Waals surface area contributed by atoms with Gasteiger partial charge in [-0.25, -0.2) is 4.79 Å². The summed E-state index contributed by atoms with van der Waals surface area (Å²) in [5.74, 6) is -0.994. The van der Waals surface area contributed by atoms with Crippen molar-refractivity contribution < 1.29 is 88.7 Å². The van der Waals surface area contributed by atoms with Gasteiger partial charge in [0, 0.05) is 0 Å². The minimum absolute atomic E-state index is 0.000277. The Morgan fingerprint density at radius 1 is 0.735 bits per heavy atom. The molecular formula is C50H78O18. The van der Waals surface area contributed by atoms with Gasteiger partial charge >= 0.3 is 11.9 Å². The fraction of sp³-hybridized carbons (Fsp3) is 0.920. The van der Waals surface area contributed by atoms with Gasteiger partial charge in [-0.1, -0.05) is 66.5 Å². The molecule has 0 spiro atoms. The molecule has 0 radical (unpaired) electrons. The van der Waals surface area contributed by atoms with Crippen molar-refractivity contribution in [1.29, 1.82) is 0 Å². The number of fused-ring (bicyclic) bond motifs is 6. The molecule has 8 fully saturated rings. The summed E-state index contributed by atoms with van der Waals surface area (Å²) in [5.41, 5.74) is -0.551. The maximum Gasteiger partial charge on any atom is 0.338 e. The van der Waals surface area contributed by atoms with Crippen molar-refractivity contribution in [2.24, 2.45) is 56.2 Å². The van der Waals surface area contributed by atoms with Gasteiger partial charge in [-0.3, -0.25) is 4.79 Å². The summed E-state index contributed by atoms with van der Waals surface area (Å²) in [4.78, 5) is 27.6. The van der Waals surface area contributed by atoms with Crippen molar-refractivity contribution in [3.05, 3.63) is 11.6 Å². The first-order valence-corrected chi connectivity index (χ1v) is 25.3. The molecule has 9 rings (SSSR count). The Kier molecular flexibility index (Phi) is 13.5. The molecule has 6 aliphatic carbocycles. The molecule has 0 aromatic heterocycles. The molecule has 386 valence electrons. The number of carbonyl (C=O) groups is 2. The number of aliphatic hydroxyl groups is 9. The van der Waals surface area contributed by atoms with E-state index in [1.54, 1.807) is 0 Å². The van der Waals surface area contributed by atoms with Gasteiger partial charge < -0.3 is 79.1 Å². The summed E-state index contributed by atoms with van der Waals surface area (Å²) in [6.45, 7) is 15.1. The zero-order valence-corrected chi connectivity index (χ0v) is 40.6. The highest BCUT2D eigenvalue weighted by Gasteiger charge is 2.78. The van der Waals surface area contributed by atoms with E-state index in [0.29, 0.717) is 19.3 Å². The summed E-state index contributed by atoms with van der Waals surface area (Å²) < 4.78 is 41.6. The normalized spacial score (nSPS) is 53.6. The highest BCUT2D eigenvalue weighted by atomic mass is 16.8. The molecule has 24 atom stereocenters. The molecular weight excluding hydrogens is 889 g/mol. The highest BCUT2D eigenvalue weighted by Crippen LogP contribution is 2.82. The maximum atomic E-state index is 14.7. The smallest absolute Gasteiger partial charge is 0.338 e. The van der Waals surface area contributed by atoms with E-state index >= 15 is 0 Å². The van der Waals surface area contributed by atoms with Crippen LogP contribution in [0, 0.1) is 56.2 Å². The number of aliphatic hydroxyl groups excluding tert-OH is 9. The Labute approximate surface area is 398 Å². The van der Waals surface area contributed by atoms with Crippen LogP contribution in [0.3, 0.4) is 0 Å². The molecule has 0 amide bonds. The minimum Gasteiger partial charge on any atom is -0.464 e. The number of ether oxygens (including phenoxy) is 7. The third-order valence-corrected chi connectivity index (χ3v) is 20.3. The van der Waals surface area contributed by atoms with Crippen LogP contribution in [-0.2, 0) is 42.7 Å². The molecule has 3 heterocycles. The Hall–Kier alpha value is -1.88. The molecule has 24 unspecified atom stereocenters. The highest BCUT2D eigenvalue weighted by molar-refractivity contribution is 5.81. The van der Waals surface area contributed by atoms with Crippen molar-refractivity contribution in [2.45, 2.75) is 211 Å². The predicted molar refractivity (Wildman–Crippen MR) is 236 cm³/mol. The van der Waals surface area contributed by atoms with Crippen LogP contribution in [0.1, 0.15) is 119 Å². The molecule has 0 aromatic rings. The monoisotopic (exact) mass is 967 g/mol. The fourth-order valence-corrected chi connectivity index (χ4v) is 16.3. The zero-order chi connectivity index (χ0) is 49.3. The first kappa shape index (κ1) is 51.0. The molecule has 5 saturated carbocycles. The summed E-state index contributed by atoms with van der Waals surface area (Å²) in [7, 11) is 0. The molecule has 9 N–H and O–H groups in total. The molecule has 4 bridgehead atoms. The second-order valence-electron chi connectivity index (χ2n) is 23.9. The van der Waals surface area contributed by atoms with E-state index in [1.807, 2.05) is 6.92 Å². The lowest BCUT2D eigenvalue weighted by atomic mass is 9.34. The Balaban J connectivity index is 0.931. The molecule has 9 aliphatic rings. The van der Waals surface area contributed by atoms with Crippen LogP contribution in [0.5, 0.6) is 0 Å². The third kappa shape index (κ3) is 7.45. The summed E-state index contributed by atoms with van der Waals surface area (Å²) in [6, 6.07) is 0. The van der Waals surface area contributed by atoms with Crippen LogP contribution in [0.25, 0.3) is 0 Å². The molecule has 0 aromatic carbocycles. The van der Waals surface area contributed by atoms with Gasteiger partial charge in [-0.15, -0.1) is 0 Å². The number of allylic oxidation sites excluding steroid dienone is 2. The number of carbonyl (C=O) groups excluding carboxylic acids is 2. The standard InChI is InChI=1S/C50H78O18/c1-8-9-18-62-40(60)38-35(57)34(56)37(59)42(66-38)67-39-31(53)25(52)22-63-43(39)65-30-13-14-47(5)27(45(30,2)3)12-15-48(6)28(47)11-10-23-24-19-46(4)16-17-50(24,29(46)20-49(23,48)7)44(61)68-41-36(58)33(55)32(54)26(21-51)64-41/h10,24-39,41-43,51-59H,8-9,11-22H2,1-7H3. The molecule has 3 saturated heterocycles. The van der Waals surface area contributed by atoms with Gasteiger partial charge in [-0.05, 0) is 115 Å². The number of unbranched alkanes of at least 4 members (excludes halogenated alkanes) is 1. The molecule has 68 heavy (non-hydrogen) atoms. The van der Waals surface area contributed by atoms with Crippen LogP contribution in [0.2, 0.25) is 0 Å². The summed E-state index contributed by atoms with van der Waals surface area (Å²) in [6.07, 6.45) is -11.5. The van der Waals surface area contributed by atoms with E-state index in [0.717, 1.165) is 51.4 Å². The third-order valence-electron chi connectivity index (χ3n) is 20.3. The van der Waals surface area contributed by atoms with Crippen LogP contribution >= 0.6 is 0 Å². The topological polar surface area (TPSA) is 281 Å². The fourth-order valence-electron chi connectivity index (χ4n) is 16.3. The average molecular weight is 967 g/mol. The minimum atomic E-state index is -1.85. The van der Waals surface area contributed by atoms with Crippen molar-refractivity contribution >= 4 is 11.9 Å². The van der Waals surface area contributed by atoms with Crippen LogP contribution in [0.4, 0.5) is 0 Å². The van der Waals surface area contributed by atoms with Crippen LogP contribution < -0.4 is 0 Å². The van der Waals surface area contributed by atoms with Gasteiger partial charge in [0.2, 0.25) is 6.29 Å². The number of rotatable bonds is 11. The van der Waals surface area contributed by atoms with E-state index in [2.05, 4.69) is 47.6 Å². The van der Waals surface area contributed by atoms with Gasteiger partial charge in [0.1, 0.15) is 61.0 Å². The summed E-state index contributed by atoms with van der Waals surface area (Å²) in [5, 5.41) is 96.1. The van der Waals surface area contributed by atoms with Crippen molar-refractivity contribution in [3.63, 3.8) is 0 Å². The van der Waals surface area contributed by atoms with Crippen molar-refractivity contribution in [2.75, 3.05) is 19.8 Å². The Morgan fingerprint density at radius 3 is 2.15 bits per heavy atom. The quantitative estimate of drug-likeness (QED) is 0.0612. The second-order valence-corrected chi connectivity index (χ2v) is 23.9. The lowest BCUT2D eigenvalue weighted by Gasteiger charge is -2.70. The molecule has 18 nitrogen and oxygen atoms in total. The lowest BCUT2D eigenvalue weighted by Crippen LogP contribution is -2.66. The van der Waals surface area contributed by atoms with E-state index < -0.39 is 121 Å². The zero-order valence-electron chi connectivity index (χ0n) is 40.6. The largest absolute Gasteiger partial charge is 0.464 e. The lowest BCUT2D eigenvalue weighted by molar-refractivity contribution is -0.364. The first-order chi connectivity index (χ1) is 31.9. The molecule has 3 aliphatic heterocycles. The number of hydrogen-bond acceptors (Lipinski definition) is 18. The van der Waals surface area contributed by atoms with E-state index in [1.165, 1.54) is 5.57 Å². The average Bonchev–Trinajstić information content (AvgIpc) is 3.67. The molecule has 18 heteroatoms. The van der Waals surface area contributed by atoms with E-state index in [9.17, 15) is 55.5 Å². The number of esters is 2. The first-order valence-electron chi connectivity index (χ1n) is 25.3. The van der Waals surface area contributed by atoms with Gasteiger partial charge in [0.05, 0.1) is 31.3 Å². The van der Waals surface area contributed by atoms with Crippen LogP contribution in [0.15, 0.2) is 11.6 Å². The van der Waals surface area contributed by atoms with Crippen molar-refractivity contribution in [3.8, 4) is 0 Å². The Bertz CT molecular complexity index is 1930. The van der Waals surface area contributed by atoms with Gasteiger partial charge in [0.15, 0.2) is 18.7 Å². The predicted octanol–water partition coefficient (Wildman–Crippen LogP) is 1.35. The van der Waals surface area contributed by atoms with Gasteiger partial charge in [-0.2, -0.15) is 0 Å². The Morgan fingerprint density at radius 2 is 1.44 bits per heavy atom. The van der Waals surface area contributed by atoms with Crippen LogP contribution in [-0.4, -0.2) is 170 Å². The van der Waals surface area contributed by atoms with E-state index in [4.69, 9.17) is 33.2 Å². The maximum absolute atomic E-state index is 14.7. The van der Waals surface area contributed by atoms with Crippen molar-refractivity contribution in [1.82, 2.24) is 0 Å². The second kappa shape index (κ2) is 18.0. The van der Waals surface area contributed by atoms with Gasteiger partial charge in [0.25, 0.3) is 0 Å². The number of hydrogen-bond donors (Lipinski definition) is 9. The van der Waals surface area contributed by atoms with E-state index in [-0.39, 0.29) is 58.5 Å². The SMILES string of the molecule is CCCCOC(=O)C1OC(OC2C(OC3CCC4(C)C(CCC5(C)C4CC=C4C6CC7(C)CCC6(C(=O)OC6OC(CO)C(O)C(O)C6O)C7CC45C)C3(C)C)OCC(O)C2O)C(O)C(O)C1O. The summed E-state index contributed by atoms with van der Waals surface area (Å²) >= 11 is 0.